The van der Waals surface area contributed by atoms with Crippen LogP contribution in [0.2, 0.25) is 0 Å². The van der Waals surface area contributed by atoms with Gasteiger partial charge in [0.1, 0.15) is 0 Å². The fourth-order valence-corrected chi connectivity index (χ4v) is 4.86. The van der Waals surface area contributed by atoms with Crippen molar-refractivity contribution in [1.29, 1.82) is 0 Å². The fraction of sp³-hybridized carbons (Fsp3) is 0.429. The van der Waals surface area contributed by atoms with Crippen LogP contribution in [-0.4, -0.2) is 20.8 Å². The van der Waals surface area contributed by atoms with E-state index in [9.17, 15) is 0 Å². The average Bonchev–Trinajstić information content (AvgIpc) is 2.66. The van der Waals surface area contributed by atoms with Gasteiger partial charge in [-0.1, -0.05) is 17.7 Å². The van der Waals surface area contributed by atoms with Crippen molar-refractivity contribution in [3.63, 3.8) is 0 Å². The number of halogens is 1. The number of hydrogen-bond donors (Lipinski definition) is 1. The molecule has 138 valence electrons. The van der Waals surface area contributed by atoms with Crippen molar-refractivity contribution >= 4 is 21.6 Å². The average molecular weight is 418 g/mol. The zero-order valence-electron chi connectivity index (χ0n) is 15.3. The molecule has 1 saturated heterocycles. The lowest BCUT2D eigenvalue weighted by Gasteiger charge is -2.43. The van der Waals surface area contributed by atoms with E-state index in [1.54, 1.807) is 14.2 Å². The molecule has 3 atom stereocenters. The monoisotopic (exact) mass is 417 g/mol. The van der Waals surface area contributed by atoms with Crippen LogP contribution in [0.3, 0.4) is 0 Å². The van der Waals surface area contributed by atoms with Gasteiger partial charge in [-0.05, 0) is 59.5 Å². The molecule has 2 aromatic rings. The zero-order valence-corrected chi connectivity index (χ0v) is 16.9. The summed E-state index contributed by atoms with van der Waals surface area (Å²) in [5, 5.41) is 3.76. The number of ether oxygens (including phenoxy) is 3. The molecule has 0 amide bonds. The number of fused-ring (bicyclic) bond motifs is 3. The third kappa shape index (κ3) is 2.97. The molecule has 0 radical (unpaired) electrons. The van der Waals surface area contributed by atoms with Crippen molar-refractivity contribution < 1.29 is 14.2 Å². The predicted octanol–water partition coefficient (Wildman–Crippen LogP) is 5.41. The summed E-state index contributed by atoms with van der Waals surface area (Å²) in [4.78, 5) is 0. The zero-order chi connectivity index (χ0) is 18.3. The molecule has 26 heavy (non-hydrogen) atoms. The number of methoxy groups -OCH3 is 2. The molecule has 2 aromatic carbocycles. The summed E-state index contributed by atoms with van der Waals surface area (Å²) in [6.07, 6.45) is 2.37. The first-order valence-electron chi connectivity index (χ1n) is 9.02. The van der Waals surface area contributed by atoms with Crippen LogP contribution < -0.4 is 14.8 Å². The quantitative estimate of drug-likeness (QED) is 0.724. The molecule has 0 saturated carbocycles. The summed E-state index contributed by atoms with van der Waals surface area (Å²) < 4.78 is 18.2. The van der Waals surface area contributed by atoms with E-state index in [0.717, 1.165) is 41.1 Å². The number of benzene rings is 2. The van der Waals surface area contributed by atoms with Crippen molar-refractivity contribution in [3.8, 4) is 11.5 Å². The molecule has 1 unspecified atom stereocenters. The molecule has 2 heterocycles. The molecular formula is C21H24BrNO3. The van der Waals surface area contributed by atoms with Crippen molar-refractivity contribution in [2.75, 3.05) is 26.1 Å². The van der Waals surface area contributed by atoms with Gasteiger partial charge in [-0.3, -0.25) is 0 Å². The van der Waals surface area contributed by atoms with Crippen LogP contribution in [0.25, 0.3) is 0 Å². The van der Waals surface area contributed by atoms with Crippen molar-refractivity contribution in [3.05, 3.63) is 51.5 Å². The Balaban J connectivity index is 1.79. The van der Waals surface area contributed by atoms with Crippen molar-refractivity contribution in [2.45, 2.75) is 31.9 Å². The summed E-state index contributed by atoms with van der Waals surface area (Å²) in [5.41, 5.74) is 4.90. The Morgan fingerprint density at radius 3 is 2.77 bits per heavy atom. The van der Waals surface area contributed by atoms with E-state index in [1.165, 1.54) is 16.7 Å². The molecule has 0 aliphatic carbocycles. The van der Waals surface area contributed by atoms with Gasteiger partial charge in [0.25, 0.3) is 0 Å². The number of anilines is 1. The van der Waals surface area contributed by atoms with E-state index >= 15 is 0 Å². The highest BCUT2D eigenvalue weighted by Crippen LogP contribution is 2.50. The maximum Gasteiger partial charge on any atom is 0.174 e. The summed E-state index contributed by atoms with van der Waals surface area (Å²) >= 11 is 3.63. The van der Waals surface area contributed by atoms with Crippen molar-refractivity contribution in [2.24, 2.45) is 5.92 Å². The van der Waals surface area contributed by atoms with E-state index in [4.69, 9.17) is 14.2 Å². The fourth-order valence-electron chi connectivity index (χ4n) is 4.24. The number of hydrogen-bond acceptors (Lipinski definition) is 4. The summed E-state index contributed by atoms with van der Waals surface area (Å²) in [7, 11) is 3.33. The smallest absolute Gasteiger partial charge is 0.174 e. The summed E-state index contributed by atoms with van der Waals surface area (Å²) in [5.74, 6) is 1.85. The van der Waals surface area contributed by atoms with Gasteiger partial charge in [-0.25, -0.2) is 0 Å². The van der Waals surface area contributed by atoms with E-state index in [-0.39, 0.29) is 12.1 Å². The van der Waals surface area contributed by atoms with Crippen LogP contribution in [0.1, 0.15) is 41.7 Å². The topological polar surface area (TPSA) is 39.7 Å². The summed E-state index contributed by atoms with van der Waals surface area (Å²) in [6, 6.07) is 11.0. The second-order valence-corrected chi connectivity index (χ2v) is 7.90. The largest absolute Gasteiger partial charge is 0.493 e. The highest BCUT2D eigenvalue weighted by molar-refractivity contribution is 9.10. The Morgan fingerprint density at radius 1 is 1.15 bits per heavy atom. The maximum absolute atomic E-state index is 6.24. The summed E-state index contributed by atoms with van der Waals surface area (Å²) in [6.45, 7) is 2.96. The van der Waals surface area contributed by atoms with Crippen LogP contribution in [0.4, 0.5) is 5.69 Å². The first-order valence-corrected chi connectivity index (χ1v) is 9.81. The number of rotatable bonds is 3. The van der Waals surface area contributed by atoms with Gasteiger partial charge in [-0.15, -0.1) is 0 Å². The molecule has 4 rings (SSSR count). The molecule has 1 fully saturated rings. The second kappa shape index (κ2) is 7.12. The third-order valence-electron chi connectivity index (χ3n) is 5.44. The lowest BCUT2D eigenvalue weighted by atomic mass is 9.77. The second-order valence-electron chi connectivity index (χ2n) is 7.05. The molecular weight excluding hydrogens is 394 g/mol. The first kappa shape index (κ1) is 17.7. The molecule has 4 nitrogen and oxygen atoms in total. The lowest BCUT2D eigenvalue weighted by molar-refractivity contribution is -0.0381. The van der Waals surface area contributed by atoms with Crippen LogP contribution >= 0.6 is 15.9 Å². The maximum atomic E-state index is 6.24. The SMILES string of the molecule is COc1cc(C2Nc3ccc(C)cc3[C@H]3OCCC[C@@H]23)cc(Br)c1OC. The van der Waals surface area contributed by atoms with Gasteiger partial charge in [0, 0.05) is 23.8 Å². The Bertz CT molecular complexity index is 823. The van der Waals surface area contributed by atoms with Gasteiger partial charge < -0.3 is 19.5 Å². The normalized spacial score (nSPS) is 24.2. The predicted molar refractivity (Wildman–Crippen MR) is 106 cm³/mol. The van der Waals surface area contributed by atoms with Gasteiger partial charge in [-0.2, -0.15) is 0 Å². The van der Waals surface area contributed by atoms with E-state index in [1.807, 2.05) is 0 Å². The number of nitrogens with one attached hydrogen (secondary N) is 1. The van der Waals surface area contributed by atoms with Gasteiger partial charge >= 0.3 is 0 Å². The lowest BCUT2D eigenvalue weighted by Crippen LogP contribution is -2.36. The minimum atomic E-state index is 0.136. The van der Waals surface area contributed by atoms with Gasteiger partial charge in [0.2, 0.25) is 0 Å². The van der Waals surface area contributed by atoms with Crippen LogP contribution in [0.15, 0.2) is 34.8 Å². The van der Waals surface area contributed by atoms with Gasteiger partial charge in [0.15, 0.2) is 11.5 Å². The van der Waals surface area contributed by atoms with Crippen LogP contribution in [0.5, 0.6) is 11.5 Å². The Morgan fingerprint density at radius 2 is 2.00 bits per heavy atom. The molecule has 0 spiro atoms. The minimum absolute atomic E-state index is 0.136. The van der Waals surface area contributed by atoms with E-state index < -0.39 is 0 Å². The highest BCUT2D eigenvalue weighted by Gasteiger charge is 2.40. The molecule has 1 N–H and O–H groups in total. The minimum Gasteiger partial charge on any atom is -0.493 e. The number of aryl methyl sites for hydroxylation is 1. The molecule has 0 aromatic heterocycles. The highest BCUT2D eigenvalue weighted by atomic mass is 79.9. The Labute approximate surface area is 163 Å². The third-order valence-corrected chi connectivity index (χ3v) is 6.02. The Kier molecular flexibility index (Phi) is 4.84. The molecule has 2 aliphatic heterocycles. The van der Waals surface area contributed by atoms with Crippen LogP contribution in [-0.2, 0) is 4.74 Å². The van der Waals surface area contributed by atoms with Crippen LogP contribution in [0, 0.1) is 12.8 Å². The van der Waals surface area contributed by atoms with E-state index in [2.05, 4.69) is 58.5 Å². The molecule has 0 bridgehead atoms. The van der Waals surface area contributed by atoms with Crippen molar-refractivity contribution in [1.82, 2.24) is 0 Å². The Hall–Kier alpha value is -1.72. The van der Waals surface area contributed by atoms with E-state index in [0.29, 0.717) is 5.92 Å². The molecule has 2 aliphatic rings. The standard InChI is InChI=1S/C21H24BrNO3/c1-12-6-7-17-15(9-12)20-14(5-4-8-26-20)19(23-17)13-10-16(22)21(25-3)18(11-13)24-2/h6-7,9-11,14,19-20,23H,4-5,8H2,1-3H3/t14-,19?,20-/m0/s1. The van der Waals surface area contributed by atoms with Gasteiger partial charge in [0.05, 0.1) is 30.8 Å². The first-order chi connectivity index (χ1) is 12.6. The molecule has 5 heteroatoms.